The number of nitrogens with one attached hydrogen (secondary N) is 1. The van der Waals surface area contributed by atoms with Crippen LogP contribution in [-0.2, 0) is 56.5 Å². The minimum Gasteiger partial charge on any atom is -0.456 e. The first-order chi connectivity index (χ1) is 45.2. The molecule has 1 unspecified atom stereocenters. The molecular formula is C77H111NO15Si2. The highest BCUT2D eigenvalue weighted by atomic mass is 28.4. The predicted molar refractivity (Wildman–Crippen MR) is 377 cm³/mol. The van der Waals surface area contributed by atoms with E-state index in [4.69, 9.17) is 37.3 Å². The molecule has 0 radical (unpaired) electrons. The van der Waals surface area contributed by atoms with E-state index in [9.17, 15) is 19.5 Å². The topological polar surface area (TPSA) is 209 Å². The number of ketones is 1. The van der Waals surface area contributed by atoms with Gasteiger partial charge < -0.3 is 47.7 Å². The molecule has 2 bridgehead atoms. The van der Waals surface area contributed by atoms with Gasteiger partial charge in [-0.2, -0.15) is 0 Å². The van der Waals surface area contributed by atoms with Crippen molar-refractivity contribution in [2.45, 2.75) is 264 Å². The third kappa shape index (κ3) is 18.5. The number of aliphatic hydroxyl groups is 1. The molecule has 3 fully saturated rings. The first-order valence-electron chi connectivity index (χ1n) is 34.9. The Morgan fingerprint density at radius 1 is 0.705 bits per heavy atom. The highest BCUT2D eigenvalue weighted by molar-refractivity contribution is 6.74. The van der Waals surface area contributed by atoms with Crippen LogP contribution in [0.5, 0.6) is 0 Å². The molecule has 522 valence electrons. The van der Waals surface area contributed by atoms with Crippen molar-refractivity contribution < 1.29 is 71.1 Å². The molecule has 95 heavy (non-hydrogen) atoms. The first kappa shape index (κ1) is 77.7. The zero-order chi connectivity index (χ0) is 69.8. The van der Waals surface area contributed by atoms with Crippen LogP contribution in [0.2, 0.25) is 36.3 Å². The van der Waals surface area contributed by atoms with E-state index in [1.54, 1.807) is 103 Å². The van der Waals surface area contributed by atoms with E-state index < -0.39 is 135 Å². The van der Waals surface area contributed by atoms with Gasteiger partial charge in [0.1, 0.15) is 29.5 Å². The largest absolute Gasteiger partial charge is 0.456 e. The number of hydrogen-bond donors (Lipinski definition) is 2. The van der Waals surface area contributed by atoms with Crippen molar-refractivity contribution in [3.05, 3.63) is 156 Å². The van der Waals surface area contributed by atoms with Crippen molar-refractivity contribution in [2.75, 3.05) is 6.61 Å². The van der Waals surface area contributed by atoms with Crippen molar-refractivity contribution >= 4 is 52.4 Å². The predicted octanol–water partition coefficient (Wildman–Crippen LogP) is 16.3. The molecule has 4 aliphatic rings. The second kappa shape index (κ2) is 34.8. The van der Waals surface area contributed by atoms with Crippen LogP contribution in [0.3, 0.4) is 0 Å². The molecule has 1 amide bonds. The summed E-state index contributed by atoms with van der Waals surface area (Å²) < 4.78 is 54.0. The van der Waals surface area contributed by atoms with Crippen molar-refractivity contribution in [2.24, 2.45) is 16.7 Å². The van der Waals surface area contributed by atoms with Crippen molar-refractivity contribution in [1.29, 1.82) is 0 Å². The normalized spacial score (nSPS) is 26.0. The summed E-state index contributed by atoms with van der Waals surface area (Å²) in [6, 6.07) is 19.9. The summed E-state index contributed by atoms with van der Waals surface area (Å²) in [5.74, 6) is -5.25. The Hall–Kier alpha value is -6.29. The summed E-state index contributed by atoms with van der Waals surface area (Å²) in [5, 5.41) is 17.7. The maximum Gasteiger partial charge on any atom is 0.408 e. The summed E-state index contributed by atoms with van der Waals surface area (Å²) in [7, 11) is -5.53. The summed E-state index contributed by atoms with van der Waals surface area (Å²) >= 11 is 0. The lowest BCUT2D eigenvalue weighted by atomic mass is 9.44. The fourth-order valence-corrected chi connectivity index (χ4v) is 20.2. The lowest BCUT2D eigenvalue weighted by molar-refractivity contribution is -0.344. The SMILES string of the molecule is CC/C=C\C/C=C\C/C=C\C/C=C\C/C=C\C/C=C\CCC(=O)O[C@H]1C(=O)[C@]2(C)[C@@H](O[Si](CC)(CC)CC)C[C@H]3OC[C@@]3(OC(C)=O)[C@H]2[C@H](OC(=O)c2ccccc2)[C@]2(O)CC(OC(=O)[C@H](O[Si](CC)(CC)CC)[C@@H](NC(=O)OC(C)(C)C)c3ccccc3)C(C)=C1C2(C)C. The second-order valence-corrected chi connectivity index (χ2v) is 37.1. The lowest BCUT2D eigenvalue weighted by Crippen LogP contribution is -2.82. The number of hydrogen-bond acceptors (Lipinski definition) is 15. The van der Waals surface area contributed by atoms with Gasteiger partial charge in [-0.05, 0) is 145 Å². The lowest BCUT2D eigenvalue weighted by Gasteiger charge is -2.68. The summed E-state index contributed by atoms with van der Waals surface area (Å²) in [6.07, 6.45) is 21.0. The number of benzene rings is 2. The Bertz CT molecular complexity index is 3100. The highest BCUT2D eigenvalue weighted by Crippen LogP contribution is 2.65. The summed E-state index contributed by atoms with van der Waals surface area (Å²) in [4.78, 5) is 91.1. The van der Waals surface area contributed by atoms with Gasteiger partial charge in [-0.1, -0.05) is 184 Å². The van der Waals surface area contributed by atoms with E-state index in [-0.39, 0.29) is 37.0 Å². The molecule has 2 N–H and O–H groups in total. The molecule has 1 saturated heterocycles. The van der Waals surface area contributed by atoms with E-state index in [0.29, 0.717) is 53.8 Å². The van der Waals surface area contributed by atoms with Crippen LogP contribution in [0, 0.1) is 16.7 Å². The van der Waals surface area contributed by atoms with Crippen LogP contribution in [0.15, 0.2) is 145 Å². The van der Waals surface area contributed by atoms with Gasteiger partial charge in [-0.3, -0.25) is 14.4 Å². The summed E-state index contributed by atoms with van der Waals surface area (Å²) in [5.41, 5.74) is -7.48. The maximum atomic E-state index is 17.2. The van der Waals surface area contributed by atoms with Crippen LogP contribution in [0.4, 0.5) is 4.79 Å². The van der Waals surface area contributed by atoms with Gasteiger partial charge in [0.05, 0.1) is 35.6 Å². The van der Waals surface area contributed by atoms with E-state index in [0.717, 1.165) is 32.1 Å². The number of rotatable bonds is 33. The van der Waals surface area contributed by atoms with E-state index in [1.165, 1.54) is 6.92 Å². The molecule has 2 aromatic rings. The Morgan fingerprint density at radius 2 is 1.22 bits per heavy atom. The average molecular weight is 1350 g/mol. The number of carbonyl (C=O) groups excluding carboxylic acids is 6. The Balaban J connectivity index is 1.50. The molecule has 18 heteroatoms. The van der Waals surface area contributed by atoms with Crippen molar-refractivity contribution in [3.63, 3.8) is 0 Å². The van der Waals surface area contributed by atoms with Crippen LogP contribution < -0.4 is 5.32 Å². The number of amides is 1. The quantitative estimate of drug-likeness (QED) is 0.0295. The van der Waals surface area contributed by atoms with Gasteiger partial charge in [-0.15, -0.1) is 0 Å². The van der Waals surface area contributed by atoms with Gasteiger partial charge in [0.2, 0.25) is 0 Å². The Morgan fingerprint density at radius 3 is 1.71 bits per heavy atom. The molecule has 3 aliphatic carbocycles. The molecule has 11 atom stereocenters. The van der Waals surface area contributed by atoms with Crippen molar-refractivity contribution in [1.82, 2.24) is 5.32 Å². The molecule has 2 saturated carbocycles. The van der Waals surface area contributed by atoms with E-state index in [2.05, 4.69) is 93.8 Å². The minimum atomic E-state index is -2.81. The van der Waals surface area contributed by atoms with Crippen LogP contribution in [0.1, 0.15) is 190 Å². The number of fused-ring (bicyclic) bond motifs is 5. The minimum absolute atomic E-state index is 0.0724. The number of carbonyl (C=O) groups is 6. The van der Waals surface area contributed by atoms with Gasteiger partial charge in [-0.25, -0.2) is 14.4 Å². The third-order valence-corrected chi connectivity index (χ3v) is 29.8. The van der Waals surface area contributed by atoms with Crippen LogP contribution >= 0.6 is 0 Å². The number of alkyl carbamates (subject to hydrolysis) is 1. The number of Topliss-reactive ketones (excluding diaryl/α,β-unsaturated/α-hetero) is 1. The molecule has 16 nitrogen and oxygen atoms in total. The monoisotopic (exact) mass is 1350 g/mol. The fraction of sp³-hybridized carbons (Fsp3) is 0.584. The molecule has 6 rings (SSSR count). The van der Waals surface area contributed by atoms with Crippen molar-refractivity contribution in [3.8, 4) is 0 Å². The standard InChI is InChI=1S/C77H111NO15Si2/c1-16-23-24-25-26-27-28-29-30-31-32-33-34-35-36-37-38-39-46-51-62(80)88-65-63-55(8)59(87-71(83)66(93-95(20-5,21-6)22-7)64(57-47-42-40-43-48-57)78-72(84)91-73(10,11)12)53-77(85,74(63,13)14)69(89-70(82)58-49-44-41-45-50-58)67-75(15,68(65)81)60(92-94(17-2,18-3)19-4)52-61-76(67,54-86-61)90-56(9)79/h23-24,26-27,29-30,32-33,35-36,38-45,47-50,59-61,64-67,69,85H,16-22,25,28,31,34,37,46,51-54H2,1-15H3,(H,78,84)/b24-23-,27-26-,30-29-,33-32-,36-35-,39-38-/t59?,60-,61+,64-,65+,66+,67-,69-,75+,76-,77+/m0/s1. The molecule has 0 aromatic heterocycles. The maximum absolute atomic E-state index is 17.2. The Labute approximate surface area is 569 Å². The molecule has 1 heterocycles. The zero-order valence-electron chi connectivity index (χ0n) is 59.5. The molecule has 0 spiro atoms. The molecule has 2 aromatic carbocycles. The van der Waals surface area contributed by atoms with Crippen LogP contribution in [-0.4, -0.2) is 118 Å². The number of allylic oxidation sites excluding steroid dienone is 12. The highest BCUT2D eigenvalue weighted by Gasteiger charge is 2.79. The number of ether oxygens (including phenoxy) is 6. The third-order valence-electron chi connectivity index (χ3n) is 20.5. The fourth-order valence-electron chi connectivity index (χ4n) is 14.5. The van der Waals surface area contributed by atoms with Gasteiger partial charge in [0.15, 0.2) is 40.2 Å². The molecular weight excluding hydrogens is 1240 g/mol. The zero-order valence-corrected chi connectivity index (χ0v) is 61.5. The van der Waals surface area contributed by atoms with Gasteiger partial charge >= 0.3 is 30.0 Å². The molecule has 1 aliphatic heterocycles. The number of esters is 4. The van der Waals surface area contributed by atoms with Gasteiger partial charge in [0, 0.05) is 31.6 Å². The first-order valence-corrected chi connectivity index (χ1v) is 40.0. The van der Waals surface area contributed by atoms with E-state index >= 15 is 14.4 Å². The second-order valence-electron chi connectivity index (χ2n) is 27.7. The van der Waals surface area contributed by atoms with Crippen LogP contribution in [0.25, 0.3) is 0 Å². The summed E-state index contributed by atoms with van der Waals surface area (Å²) in [6.45, 7) is 27.5. The Kier molecular flexibility index (Phi) is 28.5. The van der Waals surface area contributed by atoms with Gasteiger partial charge in [0.25, 0.3) is 0 Å². The van der Waals surface area contributed by atoms with E-state index in [1.807, 2.05) is 39.0 Å². The average Bonchev–Trinajstić information content (AvgIpc) is 0.668. The smallest absolute Gasteiger partial charge is 0.408 e.